The molecule has 4 rings (SSSR count). The highest BCUT2D eigenvalue weighted by Crippen LogP contribution is 2.43. The lowest BCUT2D eigenvalue weighted by atomic mass is 10.1. The van der Waals surface area contributed by atoms with Crippen LogP contribution in [0.15, 0.2) is 82.6 Å². The number of benzene rings is 3. The SMILES string of the molecule is CCCCOC(=O)c1ccccc1C(=O)OCCCC.c1ccc2c(c1)Nc1ccccc1S2. The molecule has 0 saturated carbocycles. The average Bonchev–Trinajstić information content (AvgIpc) is 2.88. The van der Waals surface area contributed by atoms with Gasteiger partial charge in [0.1, 0.15) is 0 Å². The Kier molecular flexibility index (Phi) is 10.0. The fraction of sp³-hybridized carbons (Fsp3) is 0.286. The summed E-state index contributed by atoms with van der Waals surface area (Å²) in [7, 11) is 0. The van der Waals surface area contributed by atoms with Gasteiger partial charge >= 0.3 is 11.9 Å². The van der Waals surface area contributed by atoms with Crippen LogP contribution in [0.25, 0.3) is 0 Å². The summed E-state index contributed by atoms with van der Waals surface area (Å²) in [6, 6.07) is 23.3. The van der Waals surface area contributed by atoms with Crippen LogP contribution >= 0.6 is 11.8 Å². The highest BCUT2D eigenvalue weighted by molar-refractivity contribution is 7.99. The van der Waals surface area contributed by atoms with E-state index in [4.69, 9.17) is 9.47 Å². The zero-order chi connectivity index (χ0) is 24.2. The summed E-state index contributed by atoms with van der Waals surface area (Å²) in [5, 5.41) is 3.42. The van der Waals surface area contributed by atoms with Crippen molar-refractivity contribution in [1.82, 2.24) is 0 Å². The van der Waals surface area contributed by atoms with E-state index >= 15 is 0 Å². The molecule has 0 amide bonds. The Bertz CT molecular complexity index is 971. The Morgan fingerprint density at radius 1 is 0.676 bits per heavy atom. The third-order valence-electron chi connectivity index (χ3n) is 5.09. The van der Waals surface area contributed by atoms with Crippen LogP contribution in [0.4, 0.5) is 11.4 Å². The van der Waals surface area contributed by atoms with Gasteiger partial charge in [0.25, 0.3) is 0 Å². The van der Waals surface area contributed by atoms with E-state index in [0.29, 0.717) is 13.2 Å². The molecule has 0 fully saturated rings. The predicted molar refractivity (Wildman–Crippen MR) is 137 cm³/mol. The highest BCUT2D eigenvalue weighted by Gasteiger charge is 2.18. The number of unbranched alkanes of at least 4 members (excludes halogenated alkanes) is 2. The van der Waals surface area contributed by atoms with Crippen molar-refractivity contribution in [2.24, 2.45) is 0 Å². The first-order valence-corrected chi connectivity index (χ1v) is 12.5. The number of rotatable bonds is 8. The molecule has 0 saturated heterocycles. The molecule has 0 atom stereocenters. The van der Waals surface area contributed by atoms with Crippen LogP contribution in [-0.2, 0) is 9.47 Å². The van der Waals surface area contributed by atoms with Gasteiger partial charge in [0, 0.05) is 9.79 Å². The smallest absolute Gasteiger partial charge is 0.339 e. The molecular weight excluding hydrogens is 446 g/mol. The standard InChI is InChI=1S/C16H22O4.C12H9NS/c1-3-5-11-19-15(17)13-9-7-8-10-14(13)16(18)20-12-6-4-2;1-3-7-11-9(5-1)13-10-6-2-4-8-12(10)14-11/h7-10H,3-6,11-12H2,1-2H3;1-8,13H. The van der Waals surface area contributed by atoms with E-state index in [1.807, 2.05) is 25.6 Å². The van der Waals surface area contributed by atoms with Gasteiger partial charge in [-0.1, -0.05) is 74.8 Å². The predicted octanol–water partition coefficient (Wildman–Crippen LogP) is 7.50. The van der Waals surface area contributed by atoms with Gasteiger partial charge in [-0.25, -0.2) is 9.59 Å². The number of fused-ring (bicyclic) bond motifs is 2. The molecule has 1 aliphatic heterocycles. The molecule has 1 heterocycles. The number of hydrogen-bond donors (Lipinski definition) is 1. The maximum absolute atomic E-state index is 11.9. The number of anilines is 2. The number of nitrogens with one attached hydrogen (secondary N) is 1. The summed E-state index contributed by atoms with van der Waals surface area (Å²) in [6.45, 7) is 4.78. The van der Waals surface area contributed by atoms with E-state index in [1.54, 1.807) is 24.3 Å². The summed E-state index contributed by atoms with van der Waals surface area (Å²) in [5.41, 5.74) is 2.95. The topological polar surface area (TPSA) is 64.6 Å². The van der Waals surface area contributed by atoms with Crippen LogP contribution in [0.1, 0.15) is 60.2 Å². The van der Waals surface area contributed by atoms with Crippen molar-refractivity contribution >= 4 is 35.1 Å². The monoisotopic (exact) mass is 477 g/mol. The molecule has 3 aromatic rings. The minimum Gasteiger partial charge on any atom is -0.462 e. The summed E-state index contributed by atoms with van der Waals surface area (Å²) < 4.78 is 10.3. The fourth-order valence-corrected chi connectivity index (χ4v) is 4.18. The van der Waals surface area contributed by atoms with Crippen LogP contribution in [0.2, 0.25) is 0 Å². The van der Waals surface area contributed by atoms with Gasteiger partial charge in [-0.05, 0) is 49.2 Å². The second kappa shape index (κ2) is 13.5. The van der Waals surface area contributed by atoms with Gasteiger partial charge in [-0.2, -0.15) is 0 Å². The summed E-state index contributed by atoms with van der Waals surface area (Å²) >= 11 is 1.82. The van der Waals surface area contributed by atoms with Crippen LogP contribution in [0.3, 0.4) is 0 Å². The van der Waals surface area contributed by atoms with Crippen LogP contribution in [-0.4, -0.2) is 25.2 Å². The molecule has 0 unspecified atom stereocenters. The number of hydrogen-bond acceptors (Lipinski definition) is 6. The average molecular weight is 478 g/mol. The molecule has 178 valence electrons. The molecule has 34 heavy (non-hydrogen) atoms. The van der Waals surface area contributed by atoms with E-state index < -0.39 is 11.9 Å². The van der Waals surface area contributed by atoms with Gasteiger partial charge in [0.05, 0.1) is 35.7 Å². The summed E-state index contributed by atoms with van der Waals surface area (Å²) in [6.07, 6.45) is 3.53. The zero-order valence-electron chi connectivity index (χ0n) is 19.7. The van der Waals surface area contributed by atoms with Crippen molar-refractivity contribution in [3.05, 3.63) is 83.9 Å². The lowest BCUT2D eigenvalue weighted by Crippen LogP contribution is -2.14. The largest absolute Gasteiger partial charge is 0.462 e. The Balaban J connectivity index is 0.000000201. The molecule has 0 spiro atoms. The van der Waals surface area contributed by atoms with Crippen LogP contribution in [0.5, 0.6) is 0 Å². The number of esters is 2. The van der Waals surface area contributed by atoms with Crippen LogP contribution in [0, 0.1) is 0 Å². The van der Waals surface area contributed by atoms with E-state index in [9.17, 15) is 9.59 Å². The lowest BCUT2D eigenvalue weighted by Gasteiger charge is -2.19. The Morgan fingerprint density at radius 2 is 1.09 bits per heavy atom. The number of carbonyl (C=O) groups excluding carboxylic acids is 2. The first kappa shape index (κ1) is 25.4. The summed E-state index contributed by atoms with van der Waals surface area (Å²) in [4.78, 5) is 26.5. The van der Waals surface area contributed by atoms with Gasteiger partial charge in [-0.15, -0.1) is 0 Å². The minimum absolute atomic E-state index is 0.269. The molecular formula is C28H31NO4S. The van der Waals surface area contributed by atoms with Crippen molar-refractivity contribution in [1.29, 1.82) is 0 Å². The second-order valence-electron chi connectivity index (χ2n) is 7.74. The second-order valence-corrected chi connectivity index (χ2v) is 8.83. The number of ether oxygens (including phenoxy) is 2. The van der Waals surface area contributed by atoms with Crippen molar-refractivity contribution in [3.63, 3.8) is 0 Å². The van der Waals surface area contributed by atoms with Crippen molar-refractivity contribution in [2.75, 3.05) is 18.5 Å². The maximum atomic E-state index is 11.9. The molecule has 5 nitrogen and oxygen atoms in total. The molecule has 3 aromatic carbocycles. The molecule has 0 aromatic heterocycles. The molecule has 6 heteroatoms. The van der Waals surface area contributed by atoms with Gasteiger partial charge in [-0.3, -0.25) is 0 Å². The fourth-order valence-electron chi connectivity index (χ4n) is 3.19. The van der Waals surface area contributed by atoms with Gasteiger partial charge < -0.3 is 14.8 Å². The Hall–Kier alpha value is -3.25. The Morgan fingerprint density at radius 3 is 1.53 bits per heavy atom. The number of carbonyl (C=O) groups is 2. The van der Waals surface area contributed by atoms with E-state index in [2.05, 4.69) is 53.8 Å². The van der Waals surface area contributed by atoms with Crippen molar-refractivity contribution in [2.45, 2.75) is 49.3 Å². The van der Waals surface area contributed by atoms with Crippen LogP contribution < -0.4 is 5.32 Å². The van der Waals surface area contributed by atoms with Crippen molar-refractivity contribution in [3.8, 4) is 0 Å². The number of para-hydroxylation sites is 2. The first-order chi connectivity index (χ1) is 16.6. The van der Waals surface area contributed by atoms with Gasteiger partial charge in [0.15, 0.2) is 0 Å². The van der Waals surface area contributed by atoms with E-state index in [-0.39, 0.29) is 11.1 Å². The molecule has 0 radical (unpaired) electrons. The third kappa shape index (κ3) is 7.12. The van der Waals surface area contributed by atoms with E-state index in [1.165, 1.54) is 21.2 Å². The lowest BCUT2D eigenvalue weighted by molar-refractivity contribution is 0.0452. The molecule has 0 aliphatic carbocycles. The highest BCUT2D eigenvalue weighted by atomic mass is 32.2. The first-order valence-electron chi connectivity index (χ1n) is 11.7. The molecule has 1 aliphatic rings. The molecule has 1 N–H and O–H groups in total. The molecule has 0 bridgehead atoms. The zero-order valence-corrected chi connectivity index (χ0v) is 20.5. The normalized spacial score (nSPS) is 11.1. The minimum atomic E-state index is -0.471. The van der Waals surface area contributed by atoms with Crippen molar-refractivity contribution < 1.29 is 19.1 Å². The van der Waals surface area contributed by atoms with E-state index in [0.717, 1.165) is 25.7 Å². The Labute approximate surface area is 205 Å². The maximum Gasteiger partial charge on any atom is 0.339 e. The third-order valence-corrected chi connectivity index (χ3v) is 6.24. The quantitative estimate of drug-likeness (QED) is 0.209. The van der Waals surface area contributed by atoms with Gasteiger partial charge in [0.2, 0.25) is 0 Å². The summed E-state index contributed by atoms with van der Waals surface area (Å²) in [5.74, 6) is -0.942.